The molecule has 1 aromatic heterocycles. The summed E-state index contributed by atoms with van der Waals surface area (Å²) in [5.41, 5.74) is 9.15. The van der Waals surface area contributed by atoms with Crippen molar-refractivity contribution in [2.45, 2.75) is 19.3 Å². The number of nitrogens with two attached hydrogens (primary N) is 1. The number of rotatable bonds is 3. The Labute approximate surface area is 138 Å². The number of fused-ring (bicyclic) bond motifs is 1. The Kier molecular flexibility index (Phi) is 3.96. The lowest BCUT2D eigenvalue weighted by atomic mass is 9.83. The Morgan fingerprint density at radius 1 is 1.46 bits per heavy atom. The predicted octanol–water partition coefficient (Wildman–Crippen LogP) is 1.98. The normalized spacial score (nSPS) is 16.1. The van der Waals surface area contributed by atoms with Crippen molar-refractivity contribution in [2.75, 3.05) is 7.11 Å². The Hall–Kier alpha value is -3.27. The Balaban J connectivity index is 2.12. The van der Waals surface area contributed by atoms with E-state index in [4.69, 9.17) is 15.2 Å². The van der Waals surface area contributed by atoms with Gasteiger partial charge in [0.05, 0.1) is 18.6 Å². The third-order valence-corrected chi connectivity index (χ3v) is 4.04. The van der Waals surface area contributed by atoms with Crippen LogP contribution in [0.2, 0.25) is 0 Å². The molecule has 0 fully saturated rings. The first-order valence-electron chi connectivity index (χ1n) is 7.43. The van der Waals surface area contributed by atoms with E-state index < -0.39 is 5.97 Å². The van der Waals surface area contributed by atoms with Crippen molar-refractivity contribution >= 4 is 5.97 Å². The summed E-state index contributed by atoms with van der Waals surface area (Å²) in [6.45, 7) is 1.99. The molecule has 0 bridgehead atoms. The fraction of sp³-hybridized carbons (Fsp3) is 0.235. The highest BCUT2D eigenvalue weighted by Crippen LogP contribution is 2.42. The first kappa shape index (κ1) is 15.6. The SMILES string of the molecule is CCc1[nH]nc2c1[C@H](c1ccc(C(=O)OC)cc1)C(C#N)=C(N)O2. The molecule has 2 heterocycles. The van der Waals surface area contributed by atoms with Gasteiger partial charge in [0.15, 0.2) is 0 Å². The minimum absolute atomic E-state index is 0.0428. The summed E-state index contributed by atoms with van der Waals surface area (Å²) in [4.78, 5) is 11.6. The third-order valence-electron chi connectivity index (χ3n) is 4.04. The number of aromatic nitrogens is 2. The lowest BCUT2D eigenvalue weighted by Gasteiger charge is -2.24. The fourth-order valence-corrected chi connectivity index (χ4v) is 2.84. The maximum Gasteiger partial charge on any atom is 0.337 e. The van der Waals surface area contributed by atoms with Crippen LogP contribution in [0.25, 0.3) is 0 Å². The van der Waals surface area contributed by atoms with Gasteiger partial charge in [-0.25, -0.2) is 4.79 Å². The molecular weight excluding hydrogens is 308 g/mol. The standard InChI is InChI=1S/C17H16N4O3/c1-3-12-14-13(9-4-6-10(7-5-9)17(22)23-2)11(8-18)15(19)24-16(14)21-20-12/h4-7,13H,3,19H2,1-2H3,(H,20,21)/t13-/m1/s1. The van der Waals surface area contributed by atoms with Crippen molar-refractivity contribution in [2.24, 2.45) is 5.73 Å². The number of H-pyrrole nitrogens is 1. The second-order valence-electron chi connectivity index (χ2n) is 5.31. The summed E-state index contributed by atoms with van der Waals surface area (Å²) in [6, 6.07) is 9.01. The van der Waals surface area contributed by atoms with Crippen LogP contribution in [0.15, 0.2) is 35.7 Å². The number of nitrogens with zero attached hydrogens (tertiary/aromatic N) is 2. The molecule has 0 saturated carbocycles. The van der Waals surface area contributed by atoms with Gasteiger partial charge in [-0.3, -0.25) is 5.10 Å². The van der Waals surface area contributed by atoms with E-state index in [0.717, 1.165) is 16.8 Å². The number of nitrogens with one attached hydrogen (secondary N) is 1. The summed E-state index contributed by atoms with van der Waals surface area (Å²) in [7, 11) is 1.33. The second kappa shape index (κ2) is 6.08. The van der Waals surface area contributed by atoms with Crippen molar-refractivity contribution < 1.29 is 14.3 Å². The molecule has 3 N–H and O–H groups in total. The third kappa shape index (κ3) is 2.38. The van der Waals surface area contributed by atoms with Crippen LogP contribution in [0.4, 0.5) is 0 Å². The zero-order valence-electron chi connectivity index (χ0n) is 13.3. The maximum absolute atomic E-state index is 11.6. The molecule has 0 spiro atoms. The molecule has 1 aliphatic heterocycles. The number of esters is 1. The molecule has 0 saturated heterocycles. The smallest absolute Gasteiger partial charge is 0.337 e. The first-order chi connectivity index (χ1) is 11.6. The van der Waals surface area contributed by atoms with Gasteiger partial charge in [0.25, 0.3) is 0 Å². The summed E-state index contributed by atoms with van der Waals surface area (Å²) in [6.07, 6.45) is 0.709. The number of methoxy groups -OCH3 is 1. The molecule has 0 amide bonds. The first-order valence-corrected chi connectivity index (χ1v) is 7.43. The number of hydrogen-bond acceptors (Lipinski definition) is 6. The van der Waals surface area contributed by atoms with Gasteiger partial charge in [0.2, 0.25) is 11.8 Å². The van der Waals surface area contributed by atoms with E-state index in [-0.39, 0.29) is 11.8 Å². The number of aromatic amines is 1. The highest BCUT2D eigenvalue weighted by Gasteiger charge is 2.34. The molecule has 0 unspecified atom stereocenters. The quantitative estimate of drug-likeness (QED) is 0.834. The van der Waals surface area contributed by atoms with Crippen molar-refractivity contribution in [1.82, 2.24) is 10.2 Å². The molecule has 0 aliphatic carbocycles. The van der Waals surface area contributed by atoms with Crippen LogP contribution < -0.4 is 10.5 Å². The Morgan fingerprint density at radius 3 is 2.75 bits per heavy atom. The van der Waals surface area contributed by atoms with E-state index in [1.165, 1.54) is 7.11 Å². The molecule has 1 atom stereocenters. The highest BCUT2D eigenvalue weighted by molar-refractivity contribution is 5.89. The molecule has 1 aromatic carbocycles. The van der Waals surface area contributed by atoms with Crippen molar-refractivity contribution in [3.63, 3.8) is 0 Å². The number of carbonyl (C=O) groups is 1. The molecule has 7 nitrogen and oxygen atoms in total. The van der Waals surface area contributed by atoms with Crippen LogP contribution in [-0.4, -0.2) is 23.3 Å². The number of carbonyl (C=O) groups excluding carboxylic acids is 1. The molecule has 7 heteroatoms. The lowest BCUT2D eigenvalue weighted by molar-refractivity contribution is 0.0600. The van der Waals surface area contributed by atoms with Gasteiger partial charge in [-0.2, -0.15) is 5.26 Å². The molecule has 122 valence electrons. The van der Waals surface area contributed by atoms with E-state index in [9.17, 15) is 10.1 Å². The zero-order chi connectivity index (χ0) is 17.3. The molecular formula is C17H16N4O3. The number of aryl methyl sites for hydroxylation is 1. The minimum Gasteiger partial charge on any atom is -0.465 e. The van der Waals surface area contributed by atoms with E-state index in [1.807, 2.05) is 6.92 Å². The van der Waals surface area contributed by atoms with Crippen molar-refractivity contribution in [3.8, 4) is 11.9 Å². The van der Waals surface area contributed by atoms with Crippen molar-refractivity contribution in [3.05, 3.63) is 58.1 Å². The maximum atomic E-state index is 11.6. The van der Waals surface area contributed by atoms with E-state index in [0.29, 0.717) is 23.4 Å². The van der Waals surface area contributed by atoms with Crippen LogP contribution in [0, 0.1) is 11.3 Å². The van der Waals surface area contributed by atoms with Crippen LogP contribution in [0.1, 0.15) is 40.0 Å². The number of allylic oxidation sites excluding steroid dienone is 1. The lowest BCUT2D eigenvalue weighted by Crippen LogP contribution is -2.21. The molecule has 24 heavy (non-hydrogen) atoms. The summed E-state index contributed by atoms with van der Waals surface area (Å²) >= 11 is 0. The van der Waals surface area contributed by atoms with Crippen LogP contribution in [-0.2, 0) is 11.2 Å². The van der Waals surface area contributed by atoms with Gasteiger partial charge < -0.3 is 15.2 Å². The van der Waals surface area contributed by atoms with Crippen LogP contribution in [0.5, 0.6) is 5.88 Å². The number of nitriles is 1. The zero-order valence-corrected chi connectivity index (χ0v) is 13.3. The van der Waals surface area contributed by atoms with E-state index >= 15 is 0 Å². The number of ether oxygens (including phenoxy) is 2. The Morgan fingerprint density at radius 2 is 2.17 bits per heavy atom. The largest absolute Gasteiger partial charge is 0.465 e. The average Bonchev–Trinajstić information content (AvgIpc) is 3.02. The summed E-state index contributed by atoms with van der Waals surface area (Å²) in [5.74, 6) is -0.381. The topological polar surface area (TPSA) is 114 Å². The molecule has 1 aliphatic rings. The van der Waals surface area contributed by atoms with Crippen LogP contribution >= 0.6 is 0 Å². The van der Waals surface area contributed by atoms with E-state index in [1.54, 1.807) is 24.3 Å². The fourth-order valence-electron chi connectivity index (χ4n) is 2.84. The monoisotopic (exact) mass is 324 g/mol. The number of benzene rings is 1. The average molecular weight is 324 g/mol. The van der Waals surface area contributed by atoms with Gasteiger partial charge in [-0.15, -0.1) is 5.10 Å². The summed E-state index contributed by atoms with van der Waals surface area (Å²) in [5, 5.41) is 16.6. The summed E-state index contributed by atoms with van der Waals surface area (Å²) < 4.78 is 10.2. The van der Waals surface area contributed by atoms with Gasteiger partial charge in [0.1, 0.15) is 11.6 Å². The van der Waals surface area contributed by atoms with Crippen molar-refractivity contribution in [1.29, 1.82) is 5.26 Å². The van der Waals surface area contributed by atoms with Gasteiger partial charge in [-0.1, -0.05) is 19.1 Å². The molecule has 2 aromatic rings. The predicted molar refractivity (Wildman–Crippen MR) is 85.0 cm³/mol. The van der Waals surface area contributed by atoms with Gasteiger partial charge in [-0.05, 0) is 24.1 Å². The molecule has 3 rings (SSSR count). The van der Waals surface area contributed by atoms with Crippen LogP contribution in [0.3, 0.4) is 0 Å². The Bertz CT molecular complexity index is 859. The van der Waals surface area contributed by atoms with Gasteiger partial charge in [0, 0.05) is 11.3 Å². The van der Waals surface area contributed by atoms with E-state index in [2.05, 4.69) is 16.3 Å². The van der Waals surface area contributed by atoms with Gasteiger partial charge >= 0.3 is 5.97 Å². The number of hydrogen-bond donors (Lipinski definition) is 2. The highest BCUT2D eigenvalue weighted by atomic mass is 16.5. The second-order valence-corrected chi connectivity index (χ2v) is 5.31. The molecule has 0 radical (unpaired) electrons. The minimum atomic E-state index is -0.415.